The highest BCUT2D eigenvalue weighted by molar-refractivity contribution is 5.95. The van der Waals surface area contributed by atoms with Crippen molar-refractivity contribution >= 4 is 11.9 Å². The zero-order valence-corrected chi connectivity index (χ0v) is 13.1. The zero-order chi connectivity index (χ0) is 15.5. The highest BCUT2D eigenvalue weighted by atomic mass is 16.5. The summed E-state index contributed by atoms with van der Waals surface area (Å²) in [6, 6.07) is -0.0349. The van der Waals surface area contributed by atoms with E-state index in [0.717, 1.165) is 38.9 Å². The zero-order valence-electron chi connectivity index (χ0n) is 13.1. The molecule has 21 heavy (non-hydrogen) atoms. The first-order valence-corrected chi connectivity index (χ1v) is 7.68. The van der Waals surface area contributed by atoms with Gasteiger partial charge in [-0.2, -0.15) is 0 Å². The molecule has 1 rings (SSSR count). The molecule has 3 N–H and O–H groups in total. The fourth-order valence-electron chi connectivity index (χ4n) is 2.51. The van der Waals surface area contributed by atoms with Crippen LogP contribution in [0.4, 0.5) is 4.79 Å². The maximum absolute atomic E-state index is 12.0. The molecular formula is C14H28N4O3. The second-order valence-electron chi connectivity index (χ2n) is 5.25. The Hall–Kier alpha value is -1.18. The molecular weight excluding hydrogens is 272 g/mol. The van der Waals surface area contributed by atoms with E-state index in [1.165, 1.54) is 0 Å². The first kappa shape index (κ1) is 17.9. The number of methoxy groups -OCH3 is 1. The summed E-state index contributed by atoms with van der Waals surface area (Å²) in [4.78, 5) is 25.6. The Morgan fingerprint density at radius 2 is 2.05 bits per heavy atom. The van der Waals surface area contributed by atoms with Crippen LogP contribution >= 0.6 is 0 Å². The van der Waals surface area contributed by atoms with Crippen molar-refractivity contribution in [2.75, 3.05) is 46.4 Å². The van der Waals surface area contributed by atoms with Gasteiger partial charge < -0.3 is 15.4 Å². The molecule has 0 aromatic carbocycles. The Kier molecular flexibility index (Phi) is 8.96. The molecule has 1 fully saturated rings. The summed E-state index contributed by atoms with van der Waals surface area (Å²) in [7, 11) is 1.56. The van der Waals surface area contributed by atoms with E-state index in [-0.39, 0.29) is 12.5 Å². The van der Waals surface area contributed by atoms with Gasteiger partial charge in [0.05, 0.1) is 13.2 Å². The molecule has 0 aromatic rings. The van der Waals surface area contributed by atoms with Gasteiger partial charge in [0.15, 0.2) is 0 Å². The average molecular weight is 300 g/mol. The minimum Gasteiger partial charge on any atom is -0.383 e. The predicted molar refractivity (Wildman–Crippen MR) is 81.2 cm³/mol. The lowest BCUT2D eigenvalue weighted by Gasteiger charge is -2.33. The van der Waals surface area contributed by atoms with Crippen LogP contribution in [0.3, 0.4) is 0 Å². The third-order valence-corrected chi connectivity index (χ3v) is 3.53. The van der Waals surface area contributed by atoms with Crippen molar-refractivity contribution in [3.8, 4) is 0 Å². The molecule has 0 spiro atoms. The third-order valence-electron chi connectivity index (χ3n) is 3.53. The number of nitrogens with zero attached hydrogens (tertiary/aromatic N) is 1. The number of ether oxygens (including phenoxy) is 1. The van der Waals surface area contributed by atoms with E-state index in [0.29, 0.717) is 19.2 Å². The summed E-state index contributed by atoms with van der Waals surface area (Å²) in [5, 5.41) is 8.26. The van der Waals surface area contributed by atoms with Gasteiger partial charge in [-0.25, -0.2) is 4.79 Å². The lowest BCUT2D eigenvalue weighted by Crippen LogP contribution is -2.50. The van der Waals surface area contributed by atoms with Gasteiger partial charge in [0.25, 0.3) is 0 Å². The van der Waals surface area contributed by atoms with Crippen molar-refractivity contribution in [1.29, 1.82) is 0 Å². The number of carbonyl (C=O) groups excluding carboxylic acids is 2. The number of urea groups is 1. The number of hydrogen-bond donors (Lipinski definition) is 3. The van der Waals surface area contributed by atoms with E-state index in [4.69, 9.17) is 4.74 Å². The smallest absolute Gasteiger partial charge is 0.321 e. The predicted octanol–water partition coefficient (Wildman–Crippen LogP) is -0.0774. The SMILES string of the molecule is CCCN(CC(=O)NC(=O)NCCOC)C1CCNCC1. The van der Waals surface area contributed by atoms with Gasteiger partial charge in [-0.1, -0.05) is 6.92 Å². The Labute approximate surface area is 126 Å². The third kappa shape index (κ3) is 7.40. The number of imide groups is 1. The first-order valence-electron chi connectivity index (χ1n) is 7.68. The molecule has 1 aliphatic heterocycles. The van der Waals surface area contributed by atoms with E-state index in [9.17, 15) is 9.59 Å². The van der Waals surface area contributed by atoms with E-state index in [1.54, 1.807) is 7.11 Å². The van der Waals surface area contributed by atoms with Crippen LogP contribution in [0, 0.1) is 0 Å². The fourth-order valence-corrected chi connectivity index (χ4v) is 2.51. The second kappa shape index (κ2) is 10.5. The maximum atomic E-state index is 12.0. The number of amides is 3. The first-order chi connectivity index (χ1) is 10.2. The van der Waals surface area contributed by atoms with Crippen LogP contribution in [0.1, 0.15) is 26.2 Å². The molecule has 3 amide bonds. The van der Waals surface area contributed by atoms with E-state index < -0.39 is 6.03 Å². The van der Waals surface area contributed by atoms with Crippen molar-refractivity contribution in [1.82, 2.24) is 20.9 Å². The summed E-state index contributed by atoms with van der Waals surface area (Å²) in [6.07, 6.45) is 3.10. The molecule has 122 valence electrons. The summed E-state index contributed by atoms with van der Waals surface area (Å²) in [5.41, 5.74) is 0. The Bertz CT molecular complexity index is 319. The molecule has 0 aliphatic carbocycles. The molecule has 0 unspecified atom stereocenters. The van der Waals surface area contributed by atoms with Gasteiger partial charge in [0.1, 0.15) is 0 Å². The molecule has 0 bridgehead atoms. The van der Waals surface area contributed by atoms with Gasteiger partial charge in [-0.05, 0) is 38.9 Å². The number of piperidine rings is 1. The largest absolute Gasteiger partial charge is 0.383 e. The van der Waals surface area contributed by atoms with Crippen LogP contribution in [0.25, 0.3) is 0 Å². The molecule has 1 saturated heterocycles. The van der Waals surface area contributed by atoms with E-state index in [1.807, 2.05) is 0 Å². The minimum atomic E-state index is -0.459. The van der Waals surface area contributed by atoms with Crippen molar-refractivity contribution in [2.45, 2.75) is 32.2 Å². The minimum absolute atomic E-state index is 0.253. The topological polar surface area (TPSA) is 82.7 Å². The Morgan fingerprint density at radius 1 is 1.33 bits per heavy atom. The van der Waals surface area contributed by atoms with Gasteiger partial charge in [0, 0.05) is 19.7 Å². The van der Waals surface area contributed by atoms with E-state index in [2.05, 4.69) is 27.8 Å². The lowest BCUT2D eigenvalue weighted by molar-refractivity contribution is -0.121. The molecule has 7 nitrogen and oxygen atoms in total. The van der Waals surface area contributed by atoms with Crippen molar-refractivity contribution in [3.05, 3.63) is 0 Å². The molecule has 0 aromatic heterocycles. The molecule has 7 heteroatoms. The standard InChI is InChI=1S/C14H28N4O3/c1-3-9-18(12-4-6-15-7-5-12)11-13(19)17-14(20)16-8-10-21-2/h12,15H,3-11H2,1-2H3,(H2,16,17,19,20). The molecule has 0 saturated carbocycles. The van der Waals surface area contributed by atoms with Gasteiger partial charge in [-0.3, -0.25) is 15.0 Å². The highest BCUT2D eigenvalue weighted by Gasteiger charge is 2.22. The van der Waals surface area contributed by atoms with Gasteiger partial charge >= 0.3 is 6.03 Å². The summed E-state index contributed by atoms with van der Waals surface area (Å²) >= 11 is 0. The molecule has 0 radical (unpaired) electrons. The van der Waals surface area contributed by atoms with E-state index >= 15 is 0 Å². The van der Waals surface area contributed by atoms with Crippen LogP contribution in [-0.4, -0.2) is 69.3 Å². The number of hydrogen-bond acceptors (Lipinski definition) is 5. The summed E-state index contributed by atoms with van der Waals surface area (Å²) in [6.45, 7) is 6.05. The van der Waals surface area contributed by atoms with Crippen LogP contribution in [0.15, 0.2) is 0 Å². The number of nitrogens with one attached hydrogen (secondary N) is 3. The number of rotatable bonds is 8. The van der Waals surface area contributed by atoms with Crippen molar-refractivity contribution in [2.24, 2.45) is 0 Å². The molecule has 0 atom stereocenters. The van der Waals surface area contributed by atoms with Crippen LogP contribution in [0.5, 0.6) is 0 Å². The van der Waals surface area contributed by atoms with Crippen molar-refractivity contribution in [3.63, 3.8) is 0 Å². The van der Waals surface area contributed by atoms with Gasteiger partial charge in [-0.15, -0.1) is 0 Å². The van der Waals surface area contributed by atoms with Gasteiger partial charge in [0.2, 0.25) is 5.91 Å². The fraction of sp³-hybridized carbons (Fsp3) is 0.857. The van der Waals surface area contributed by atoms with Crippen LogP contribution < -0.4 is 16.0 Å². The average Bonchev–Trinajstić information content (AvgIpc) is 2.48. The van der Waals surface area contributed by atoms with Crippen LogP contribution in [-0.2, 0) is 9.53 Å². The Balaban J connectivity index is 2.35. The Morgan fingerprint density at radius 3 is 2.67 bits per heavy atom. The van der Waals surface area contributed by atoms with Crippen LogP contribution in [0.2, 0.25) is 0 Å². The molecule has 1 aliphatic rings. The normalized spacial score (nSPS) is 16.0. The quantitative estimate of drug-likeness (QED) is 0.546. The second-order valence-corrected chi connectivity index (χ2v) is 5.25. The maximum Gasteiger partial charge on any atom is 0.321 e. The van der Waals surface area contributed by atoms with Crippen molar-refractivity contribution < 1.29 is 14.3 Å². The molecule has 1 heterocycles. The summed E-state index contributed by atoms with van der Waals surface area (Å²) < 4.78 is 4.83. The monoisotopic (exact) mass is 300 g/mol. The number of carbonyl (C=O) groups is 2. The summed E-state index contributed by atoms with van der Waals surface area (Å²) in [5.74, 6) is -0.253. The lowest BCUT2D eigenvalue weighted by atomic mass is 10.0. The highest BCUT2D eigenvalue weighted by Crippen LogP contribution is 2.11.